The van der Waals surface area contributed by atoms with Gasteiger partial charge in [-0.3, -0.25) is 9.59 Å². The minimum atomic E-state index is -0.422. The minimum Gasteiger partial charge on any atom is -0.462 e. The molecule has 2 aliphatic rings. The van der Waals surface area contributed by atoms with Crippen LogP contribution in [0.15, 0.2) is 0 Å². The molecule has 0 aliphatic heterocycles. The van der Waals surface area contributed by atoms with E-state index >= 15 is 0 Å². The Morgan fingerprint density at radius 1 is 0.682 bits per heavy atom. The summed E-state index contributed by atoms with van der Waals surface area (Å²) < 4.78 is 10.7. The molecule has 0 saturated heterocycles. The third-order valence-electron chi connectivity index (χ3n) is 9.02. The molecule has 2 atom stereocenters. The second kappa shape index (κ2) is 13.7. The van der Waals surface area contributed by atoms with E-state index in [1.54, 1.807) is 13.8 Å². The number of hydrogen-bond acceptors (Lipinski definition) is 8. The van der Waals surface area contributed by atoms with Gasteiger partial charge in [0.25, 0.3) is 0 Å². The van der Waals surface area contributed by atoms with Gasteiger partial charge in [0.2, 0.25) is 11.8 Å². The number of carbonyl (C=O) groups excluding carboxylic acids is 4. The first-order valence-corrected chi connectivity index (χ1v) is 17.5. The zero-order valence-corrected chi connectivity index (χ0v) is 29.1. The fraction of sp³-hybridized carbons (Fsp3) is 0.647. The number of carbonyl (C=O) groups is 4. The molecule has 4 rings (SSSR count). The van der Waals surface area contributed by atoms with Crippen LogP contribution in [0.2, 0.25) is 0 Å². The highest BCUT2D eigenvalue weighted by atomic mass is 32.1. The Morgan fingerprint density at radius 2 is 1.05 bits per heavy atom. The summed E-state index contributed by atoms with van der Waals surface area (Å²) in [5.41, 5.74) is 3.15. The number of nitrogens with one attached hydrogen (secondary N) is 2. The Bertz CT molecular complexity index is 1300. The van der Waals surface area contributed by atoms with E-state index in [4.69, 9.17) is 9.47 Å². The average molecular weight is 645 g/mol. The van der Waals surface area contributed by atoms with Gasteiger partial charge in [0, 0.05) is 22.6 Å². The van der Waals surface area contributed by atoms with E-state index in [0.29, 0.717) is 33.0 Å². The smallest absolute Gasteiger partial charge is 0.341 e. The van der Waals surface area contributed by atoms with Crippen molar-refractivity contribution in [3.05, 3.63) is 32.0 Å². The van der Waals surface area contributed by atoms with Crippen LogP contribution in [-0.2, 0) is 44.7 Å². The quantitative estimate of drug-likeness (QED) is 0.269. The zero-order valence-electron chi connectivity index (χ0n) is 27.5. The molecule has 2 amide bonds. The van der Waals surface area contributed by atoms with Crippen LogP contribution in [0.25, 0.3) is 0 Å². The molecule has 44 heavy (non-hydrogen) atoms. The first-order chi connectivity index (χ1) is 20.6. The number of rotatable bonds is 9. The summed E-state index contributed by atoms with van der Waals surface area (Å²) in [5.74, 6) is -0.569. The lowest BCUT2D eigenvalue weighted by molar-refractivity contribution is -0.121. The third kappa shape index (κ3) is 7.73. The Kier molecular flexibility index (Phi) is 10.7. The second-order valence-corrected chi connectivity index (χ2v) is 16.3. The number of thiophene rings is 2. The topological polar surface area (TPSA) is 111 Å². The maximum atomic E-state index is 13.1. The standard InChI is InChI=1S/C34H48N2O6S2/c1-9-41-31(39)27-21-13-11-19(33(3,4)5)17-23(21)43-29(27)35-25(37)15-16-26(38)36-30-28(32(40)42-10-2)22-14-12-20(34(6,7)8)18-24(22)44-30/h19-20H,9-18H2,1-8H3,(H,35,37)(H,36,38). The first kappa shape index (κ1) is 34.2. The normalized spacial score (nSPS) is 18.2. The van der Waals surface area contributed by atoms with Crippen LogP contribution in [0.3, 0.4) is 0 Å². The van der Waals surface area contributed by atoms with Gasteiger partial charge in [0.05, 0.1) is 24.3 Å². The van der Waals surface area contributed by atoms with Gasteiger partial charge >= 0.3 is 11.9 Å². The van der Waals surface area contributed by atoms with Gasteiger partial charge < -0.3 is 20.1 Å². The lowest BCUT2D eigenvalue weighted by Gasteiger charge is -2.33. The molecule has 0 spiro atoms. The highest BCUT2D eigenvalue weighted by molar-refractivity contribution is 7.17. The van der Waals surface area contributed by atoms with Crippen molar-refractivity contribution in [3.8, 4) is 0 Å². The third-order valence-corrected chi connectivity index (χ3v) is 11.4. The van der Waals surface area contributed by atoms with Crippen LogP contribution >= 0.6 is 22.7 Å². The van der Waals surface area contributed by atoms with Crippen molar-refractivity contribution in [2.45, 2.75) is 107 Å². The summed E-state index contributed by atoms with van der Waals surface area (Å²) in [7, 11) is 0. The van der Waals surface area contributed by atoms with Crippen LogP contribution in [0.1, 0.15) is 123 Å². The summed E-state index contributed by atoms with van der Waals surface area (Å²) in [6.07, 6.45) is 5.08. The van der Waals surface area contributed by atoms with E-state index in [-0.39, 0.29) is 48.7 Å². The molecule has 2 aliphatic carbocycles. The van der Waals surface area contributed by atoms with E-state index in [0.717, 1.165) is 59.4 Å². The molecule has 2 unspecified atom stereocenters. The van der Waals surface area contributed by atoms with Crippen molar-refractivity contribution in [2.24, 2.45) is 22.7 Å². The highest BCUT2D eigenvalue weighted by Gasteiger charge is 2.36. The number of hydrogen-bond donors (Lipinski definition) is 2. The molecule has 10 heteroatoms. The van der Waals surface area contributed by atoms with Crippen LogP contribution in [-0.4, -0.2) is 37.0 Å². The molecule has 8 nitrogen and oxygen atoms in total. The second-order valence-electron chi connectivity index (χ2n) is 14.1. The molecule has 0 radical (unpaired) electrons. The maximum absolute atomic E-state index is 13.1. The molecule has 0 bridgehead atoms. The van der Waals surface area contributed by atoms with Crippen LogP contribution in [0.4, 0.5) is 10.0 Å². The molecule has 2 aromatic heterocycles. The van der Waals surface area contributed by atoms with Crippen LogP contribution < -0.4 is 10.6 Å². The van der Waals surface area contributed by atoms with Gasteiger partial charge in [-0.05, 0) is 86.2 Å². The average Bonchev–Trinajstić information content (AvgIpc) is 3.47. The van der Waals surface area contributed by atoms with Crippen molar-refractivity contribution in [3.63, 3.8) is 0 Å². The molecule has 2 aromatic rings. The molecule has 0 fully saturated rings. The monoisotopic (exact) mass is 644 g/mol. The molecule has 2 N–H and O–H groups in total. The predicted molar refractivity (Wildman–Crippen MR) is 177 cm³/mol. The summed E-state index contributed by atoms with van der Waals surface area (Å²) in [4.78, 5) is 54.3. The number of anilines is 2. The van der Waals surface area contributed by atoms with Gasteiger partial charge in [-0.15, -0.1) is 22.7 Å². The Morgan fingerprint density at radius 3 is 1.36 bits per heavy atom. The fourth-order valence-corrected chi connectivity index (χ4v) is 8.93. The van der Waals surface area contributed by atoms with Crippen molar-refractivity contribution in [1.82, 2.24) is 0 Å². The lowest BCUT2D eigenvalue weighted by Crippen LogP contribution is -2.26. The highest BCUT2D eigenvalue weighted by Crippen LogP contribution is 2.46. The first-order valence-electron chi connectivity index (χ1n) is 15.9. The number of esters is 2. The summed E-state index contributed by atoms with van der Waals surface area (Å²) >= 11 is 2.89. The SMILES string of the molecule is CCOC(=O)c1c(NC(=O)CCC(=O)Nc2sc3c(c2C(=O)OCC)CCC(C(C)(C)C)C3)sc2c1CCC(C(C)(C)C)C2. The molecular formula is C34H48N2O6S2. The van der Waals surface area contributed by atoms with Crippen molar-refractivity contribution < 1.29 is 28.7 Å². The van der Waals surface area contributed by atoms with E-state index in [9.17, 15) is 19.2 Å². The van der Waals surface area contributed by atoms with Crippen molar-refractivity contribution >= 4 is 56.4 Å². The van der Waals surface area contributed by atoms with Crippen LogP contribution in [0, 0.1) is 22.7 Å². The number of fused-ring (bicyclic) bond motifs is 2. The lowest BCUT2D eigenvalue weighted by atomic mass is 9.72. The van der Waals surface area contributed by atoms with E-state index in [1.807, 2.05) is 0 Å². The summed E-state index contributed by atoms with van der Waals surface area (Å²) in [6.45, 7) is 17.4. The van der Waals surface area contributed by atoms with Gasteiger partial charge in [0.1, 0.15) is 10.0 Å². The summed E-state index contributed by atoms with van der Waals surface area (Å²) in [6, 6.07) is 0. The molecule has 242 valence electrons. The molecule has 2 heterocycles. The van der Waals surface area contributed by atoms with E-state index in [1.165, 1.54) is 22.7 Å². The summed E-state index contributed by atoms with van der Waals surface area (Å²) in [5, 5.41) is 6.82. The Balaban J connectivity index is 1.46. The van der Waals surface area contributed by atoms with Gasteiger partial charge in [-0.1, -0.05) is 41.5 Å². The van der Waals surface area contributed by atoms with Crippen molar-refractivity contribution in [2.75, 3.05) is 23.8 Å². The van der Waals surface area contributed by atoms with Gasteiger partial charge in [-0.2, -0.15) is 0 Å². The van der Waals surface area contributed by atoms with Crippen molar-refractivity contribution in [1.29, 1.82) is 0 Å². The molecular weight excluding hydrogens is 597 g/mol. The van der Waals surface area contributed by atoms with Gasteiger partial charge in [-0.25, -0.2) is 9.59 Å². The Hall–Kier alpha value is -2.72. The Labute approximate surface area is 269 Å². The fourth-order valence-electron chi connectivity index (χ4n) is 6.27. The van der Waals surface area contributed by atoms with Crippen LogP contribution in [0.5, 0.6) is 0 Å². The maximum Gasteiger partial charge on any atom is 0.341 e. The number of ether oxygens (including phenoxy) is 2. The zero-order chi connectivity index (χ0) is 32.4. The molecule has 0 saturated carbocycles. The minimum absolute atomic E-state index is 0.0623. The number of amides is 2. The van der Waals surface area contributed by atoms with Gasteiger partial charge in [0.15, 0.2) is 0 Å². The van der Waals surface area contributed by atoms with E-state index in [2.05, 4.69) is 52.2 Å². The predicted octanol–water partition coefficient (Wildman–Crippen LogP) is 7.82. The molecule has 0 aromatic carbocycles. The van der Waals surface area contributed by atoms with E-state index < -0.39 is 11.9 Å². The largest absolute Gasteiger partial charge is 0.462 e.